The fraction of sp³-hybridized carbons (Fsp3) is 0.538. The van der Waals surface area contributed by atoms with Gasteiger partial charge in [0.05, 0.1) is 11.3 Å². The summed E-state index contributed by atoms with van der Waals surface area (Å²) in [4.78, 5) is 4.36. The van der Waals surface area contributed by atoms with Gasteiger partial charge in [-0.25, -0.2) is 9.50 Å². The average molecular weight is 231 g/mol. The molecule has 2 aromatic heterocycles. The van der Waals surface area contributed by atoms with E-state index in [1.807, 2.05) is 12.3 Å². The topological polar surface area (TPSA) is 50.4 Å². The van der Waals surface area contributed by atoms with E-state index < -0.39 is 5.60 Å². The SMILES string of the molecule is CC(C)(C)c1cc2ncc(C3(O)CC3)cn2n1. The van der Waals surface area contributed by atoms with Crippen molar-refractivity contribution in [2.75, 3.05) is 0 Å². The third kappa shape index (κ3) is 1.72. The van der Waals surface area contributed by atoms with Crippen LogP contribution in [-0.2, 0) is 11.0 Å². The van der Waals surface area contributed by atoms with Crippen LogP contribution in [0.3, 0.4) is 0 Å². The van der Waals surface area contributed by atoms with Gasteiger partial charge in [0.15, 0.2) is 5.65 Å². The fourth-order valence-corrected chi connectivity index (χ4v) is 1.89. The van der Waals surface area contributed by atoms with Crippen molar-refractivity contribution >= 4 is 5.65 Å². The first-order valence-electron chi connectivity index (χ1n) is 5.97. The molecule has 4 heteroatoms. The summed E-state index contributed by atoms with van der Waals surface area (Å²) in [5, 5.41) is 14.6. The Labute approximate surface area is 100 Å². The predicted molar refractivity (Wildman–Crippen MR) is 64.8 cm³/mol. The van der Waals surface area contributed by atoms with Crippen molar-refractivity contribution in [1.82, 2.24) is 14.6 Å². The zero-order valence-corrected chi connectivity index (χ0v) is 10.4. The first-order chi connectivity index (χ1) is 7.88. The Kier molecular flexibility index (Phi) is 1.94. The zero-order chi connectivity index (χ0) is 12.3. The minimum Gasteiger partial charge on any atom is -0.385 e. The number of rotatable bonds is 1. The van der Waals surface area contributed by atoms with E-state index in [4.69, 9.17) is 0 Å². The molecule has 3 rings (SSSR count). The summed E-state index contributed by atoms with van der Waals surface area (Å²) >= 11 is 0. The second-order valence-electron chi connectivity index (χ2n) is 5.96. The molecule has 0 bridgehead atoms. The van der Waals surface area contributed by atoms with Gasteiger partial charge in [-0.2, -0.15) is 5.10 Å². The van der Waals surface area contributed by atoms with Crippen LogP contribution in [0.15, 0.2) is 18.5 Å². The summed E-state index contributed by atoms with van der Waals surface area (Å²) in [7, 11) is 0. The summed E-state index contributed by atoms with van der Waals surface area (Å²) < 4.78 is 1.77. The number of aliphatic hydroxyl groups is 1. The molecule has 0 spiro atoms. The van der Waals surface area contributed by atoms with Crippen molar-refractivity contribution in [3.8, 4) is 0 Å². The van der Waals surface area contributed by atoms with Gasteiger partial charge in [-0.3, -0.25) is 0 Å². The molecule has 0 radical (unpaired) electrons. The molecule has 4 nitrogen and oxygen atoms in total. The van der Waals surface area contributed by atoms with Crippen LogP contribution < -0.4 is 0 Å². The van der Waals surface area contributed by atoms with E-state index in [0.717, 1.165) is 29.7 Å². The molecule has 1 aliphatic rings. The lowest BCUT2D eigenvalue weighted by Gasteiger charge is -2.13. The van der Waals surface area contributed by atoms with Crippen LogP contribution in [0.2, 0.25) is 0 Å². The van der Waals surface area contributed by atoms with Gasteiger partial charge in [-0.15, -0.1) is 0 Å². The maximum Gasteiger partial charge on any atom is 0.155 e. The highest BCUT2D eigenvalue weighted by molar-refractivity contribution is 5.42. The van der Waals surface area contributed by atoms with Crippen molar-refractivity contribution < 1.29 is 5.11 Å². The largest absolute Gasteiger partial charge is 0.385 e. The Morgan fingerprint density at radius 1 is 1.35 bits per heavy atom. The van der Waals surface area contributed by atoms with Gasteiger partial charge in [0.2, 0.25) is 0 Å². The van der Waals surface area contributed by atoms with Crippen LogP contribution in [0.5, 0.6) is 0 Å². The van der Waals surface area contributed by atoms with E-state index in [-0.39, 0.29) is 5.41 Å². The summed E-state index contributed by atoms with van der Waals surface area (Å²) in [5.74, 6) is 0. The summed E-state index contributed by atoms with van der Waals surface area (Å²) in [6.45, 7) is 6.39. The van der Waals surface area contributed by atoms with Crippen LogP contribution in [0.25, 0.3) is 5.65 Å². The van der Waals surface area contributed by atoms with Gasteiger partial charge in [-0.1, -0.05) is 20.8 Å². The van der Waals surface area contributed by atoms with Gasteiger partial charge in [0.25, 0.3) is 0 Å². The molecule has 0 atom stereocenters. The van der Waals surface area contributed by atoms with Crippen molar-refractivity contribution in [3.05, 3.63) is 29.7 Å². The van der Waals surface area contributed by atoms with E-state index in [9.17, 15) is 5.11 Å². The van der Waals surface area contributed by atoms with Gasteiger partial charge < -0.3 is 5.11 Å². The molecule has 1 fully saturated rings. The molecule has 0 saturated heterocycles. The van der Waals surface area contributed by atoms with Crippen LogP contribution in [0.1, 0.15) is 44.9 Å². The third-order valence-electron chi connectivity index (χ3n) is 3.34. The number of hydrogen-bond acceptors (Lipinski definition) is 3. The second-order valence-corrected chi connectivity index (χ2v) is 5.96. The Morgan fingerprint density at radius 3 is 2.65 bits per heavy atom. The standard InChI is InChI=1S/C13H17N3O/c1-12(2,3)10-6-11-14-7-9(8-16(11)15-10)13(17)4-5-13/h6-8,17H,4-5H2,1-3H3. The van der Waals surface area contributed by atoms with Crippen molar-refractivity contribution in [2.45, 2.75) is 44.6 Å². The highest BCUT2D eigenvalue weighted by Gasteiger charge is 2.42. The normalized spacial score (nSPS) is 18.6. The highest BCUT2D eigenvalue weighted by Crippen LogP contribution is 2.44. The number of aromatic nitrogens is 3. The molecule has 2 aromatic rings. The Bertz CT molecular complexity index is 573. The number of nitrogens with zero attached hydrogens (tertiary/aromatic N) is 3. The fourth-order valence-electron chi connectivity index (χ4n) is 1.89. The first kappa shape index (κ1) is 10.7. The molecule has 0 aliphatic heterocycles. The Morgan fingerprint density at radius 2 is 2.06 bits per heavy atom. The first-order valence-corrected chi connectivity index (χ1v) is 5.97. The molecule has 17 heavy (non-hydrogen) atoms. The lowest BCUT2D eigenvalue weighted by molar-refractivity contribution is 0.150. The molecule has 2 heterocycles. The van der Waals surface area contributed by atoms with Crippen LogP contribution in [0, 0.1) is 0 Å². The molecule has 0 aromatic carbocycles. The van der Waals surface area contributed by atoms with E-state index >= 15 is 0 Å². The second kappa shape index (κ2) is 3.07. The lowest BCUT2D eigenvalue weighted by Crippen LogP contribution is -2.12. The average Bonchev–Trinajstić information content (AvgIpc) is 2.85. The minimum atomic E-state index is -0.644. The van der Waals surface area contributed by atoms with E-state index in [1.165, 1.54) is 0 Å². The molecule has 1 saturated carbocycles. The summed E-state index contributed by atoms with van der Waals surface area (Å²) in [6, 6.07) is 2.00. The molecular formula is C13H17N3O. The third-order valence-corrected chi connectivity index (χ3v) is 3.34. The van der Waals surface area contributed by atoms with Crippen LogP contribution in [-0.4, -0.2) is 19.7 Å². The van der Waals surface area contributed by atoms with E-state index in [1.54, 1.807) is 10.7 Å². The summed E-state index contributed by atoms with van der Waals surface area (Å²) in [5.41, 5.74) is 2.10. The van der Waals surface area contributed by atoms with Crippen molar-refractivity contribution in [1.29, 1.82) is 0 Å². The highest BCUT2D eigenvalue weighted by atomic mass is 16.3. The number of fused-ring (bicyclic) bond motifs is 1. The monoisotopic (exact) mass is 231 g/mol. The van der Waals surface area contributed by atoms with Gasteiger partial charge in [-0.05, 0) is 12.8 Å². The molecular weight excluding hydrogens is 214 g/mol. The molecule has 90 valence electrons. The Hall–Kier alpha value is -1.42. The van der Waals surface area contributed by atoms with Gasteiger partial charge in [0.1, 0.15) is 0 Å². The van der Waals surface area contributed by atoms with Crippen LogP contribution >= 0.6 is 0 Å². The van der Waals surface area contributed by atoms with Crippen molar-refractivity contribution in [3.63, 3.8) is 0 Å². The van der Waals surface area contributed by atoms with Gasteiger partial charge in [0, 0.05) is 29.4 Å². The molecule has 0 amide bonds. The number of hydrogen-bond donors (Lipinski definition) is 1. The molecule has 1 aliphatic carbocycles. The molecule has 0 unspecified atom stereocenters. The molecule has 1 N–H and O–H groups in total. The van der Waals surface area contributed by atoms with E-state index in [0.29, 0.717) is 0 Å². The zero-order valence-electron chi connectivity index (χ0n) is 10.4. The predicted octanol–water partition coefficient (Wildman–Crippen LogP) is 2.01. The maximum atomic E-state index is 10.0. The summed E-state index contributed by atoms with van der Waals surface area (Å²) in [6.07, 6.45) is 5.31. The minimum absolute atomic E-state index is 0.0182. The van der Waals surface area contributed by atoms with E-state index in [2.05, 4.69) is 30.9 Å². The maximum absolute atomic E-state index is 10.0. The Balaban J connectivity index is 2.11. The smallest absolute Gasteiger partial charge is 0.155 e. The van der Waals surface area contributed by atoms with Crippen molar-refractivity contribution in [2.24, 2.45) is 0 Å². The van der Waals surface area contributed by atoms with Crippen LogP contribution in [0.4, 0.5) is 0 Å². The van der Waals surface area contributed by atoms with Gasteiger partial charge >= 0.3 is 0 Å². The quantitative estimate of drug-likeness (QED) is 0.816. The lowest BCUT2D eigenvalue weighted by atomic mass is 9.93.